The Labute approximate surface area is 126 Å². The molecule has 7 heteroatoms. The third-order valence-corrected chi connectivity index (χ3v) is 3.78. The highest BCUT2D eigenvalue weighted by molar-refractivity contribution is 7.13. The lowest BCUT2D eigenvalue weighted by Gasteiger charge is -2.21. The summed E-state index contributed by atoms with van der Waals surface area (Å²) in [5, 5.41) is 0.789. The first-order valence-electron chi connectivity index (χ1n) is 6.30. The largest absolute Gasteiger partial charge is 0.398 e. The Balaban J connectivity index is 2.24. The highest BCUT2D eigenvalue weighted by atomic mass is 32.1. The SMILES string of the molecule is Cc1ncc(C(=O)N(CC(N)=O)Cc2ccccc2N)s1. The van der Waals surface area contributed by atoms with Gasteiger partial charge in [-0.1, -0.05) is 18.2 Å². The number of nitrogen functional groups attached to an aromatic ring is 1. The van der Waals surface area contributed by atoms with Crippen molar-refractivity contribution >= 4 is 28.8 Å². The molecule has 6 nitrogen and oxygen atoms in total. The number of thiazole rings is 1. The normalized spacial score (nSPS) is 10.3. The van der Waals surface area contributed by atoms with Crippen LogP contribution in [0.1, 0.15) is 20.2 Å². The van der Waals surface area contributed by atoms with Crippen LogP contribution in [0.3, 0.4) is 0 Å². The summed E-state index contributed by atoms with van der Waals surface area (Å²) in [5.41, 5.74) is 12.4. The third kappa shape index (κ3) is 3.79. The lowest BCUT2D eigenvalue weighted by Crippen LogP contribution is -2.37. The second-order valence-corrected chi connectivity index (χ2v) is 5.80. The van der Waals surface area contributed by atoms with Gasteiger partial charge in [0.05, 0.1) is 11.2 Å². The molecule has 0 aliphatic rings. The Hall–Kier alpha value is -2.41. The molecule has 0 saturated carbocycles. The van der Waals surface area contributed by atoms with Crippen LogP contribution in [0.15, 0.2) is 30.5 Å². The van der Waals surface area contributed by atoms with E-state index in [0.717, 1.165) is 10.6 Å². The van der Waals surface area contributed by atoms with Gasteiger partial charge in [0.15, 0.2) is 0 Å². The molecule has 0 aliphatic carbocycles. The number of primary amides is 1. The van der Waals surface area contributed by atoms with Crippen LogP contribution in [0.5, 0.6) is 0 Å². The van der Waals surface area contributed by atoms with Crippen LogP contribution in [-0.4, -0.2) is 28.2 Å². The number of carbonyl (C=O) groups excluding carboxylic acids is 2. The predicted molar refractivity (Wildman–Crippen MR) is 81.6 cm³/mol. The molecule has 0 saturated heterocycles. The molecule has 2 amide bonds. The van der Waals surface area contributed by atoms with Crippen molar-refractivity contribution in [3.05, 3.63) is 45.9 Å². The molecule has 1 aromatic carbocycles. The van der Waals surface area contributed by atoms with Crippen LogP contribution in [0.2, 0.25) is 0 Å². The molecular formula is C14H16N4O2S. The van der Waals surface area contributed by atoms with E-state index in [1.807, 2.05) is 25.1 Å². The van der Waals surface area contributed by atoms with Gasteiger partial charge >= 0.3 is 0 Å². The molecule has 2 aromatic rings. The molecule has 1 heterocycles. The van der Waals surface area contributed by atoms with Crippen LogP contribution in [0, 0.1) is 6.92 Å². The molecule has 21 heavy (non-hydrogen) atoms. The van der Waals surface area contributed by atoms with Gasteiger partial charge in [0.1, 0.15) is 11.4 Å². The summed E-state index contributed by atoms with van der Waals surface area (Å²) in [4.78, 5) is 29.6. The number of aromatic nitrogens is 1. The van der Waals surface area contributed by atoms with Gasteiger partial charge in [-0.25, -0.2) is 4.98 Å². The van der Waals surface area contributed by atoms with Crippen molar-refractivity contribution in [3.8, 4) is 0 Å². The first-order chi connectivity index (χ1) is 9.97. The number of rotatable bonds is 5. The van der Waals surface area contributed by atoms with Gasteiger partial charge in [0, 0.05) is 12.2 Å². The van der Waals surface area contributed by atoms with Crippen molar-refractivity contribution in [2.24, 2.45) is 5.73 Å². The monoisotopic (exact) mass is 304 g/mol. The van der Waals surface area contributed by atoms with Crippen LogP contribution in [-0.2, 0) is 11.3 Å². The molecular weight excluding hydrogens is 288 g/mol. The summed E-state index contributed by atoms with van der Waals surface area (Å²) in [6.45, 7) is 1.88. The summed E-state index contributed by atoms with van der Waals surface area (Å²) in [6, 6.07) is 7.20. The minimum absolute atomic E-state index is 0.163. The molecule has 0 atom stereocenters. The molecule has 0 spiro atoms. The number of para-hydroxylation sites is 1. The molecule has 2 rings (SSSR count). The Morgan fingerprint density at radius 1 is 1.33 bits per heavy atom. The fourth-order valence-corrected chi connectivity index (χ4v) is 2.63. The molecule has 4 N–H and O–H groups in total. The lowest BCUT2D eigenvalue weighted by molar-refractivity contribution is -0.118. The Morgan fingerprint density at radius 2 is 2.05 bits per heavy atom. The van der Waals surface area contributed by atoms with Gasteiger partial charge in [0.2, 0.25) is 5.91 Å². The standard InChI is InChI=1S/C14H16N4O2S/c1-9-17-6-12(21-9)14(20)18(8-13(16)19)7-10-4-2-3-5-11(10)15/h2-6H,7-8,15H2,1H3,(H2,16,19). The molecule has 1 aromatic heterocycles. The quantitative estimate of drug-likeness (QED) is 0.809. The fraction of sp³-hybridized carbons (Fsp3) is 0.214. The molecule has 0 bridgehead atoms. The number of amides is 2. The zero-order valence-corrected chi connectivity index (χ0v) is 12.4. The number of nitrogens with two attached hydrogens (primary N) is 2. The van der Waals surface area contributed by atoms with E-state index in [1.54, 1.807) is 6.07 Å². The zero-order valence-electron chi connectivity index (χ0n) is 11.6. The van der Waals surface area contributed by atoms with Crippen molar-refractivity contribution in [2.45, 2.75) is 13.5 Å². The van der Waals surface area contributed by atoms with Gasteiger partial charge in [-0.15, -0.1) is 11.3 Å². The Bertz CT molecular complexity index is 668. The molecule has 110 valence electrons. The maximum atomic E-state index is 12.5. The van der Waals surface area contributed by atoms with Crippen molar-refractivity contribution in [2.75, 3.05) is 12.3 Å². The Kier molecular flexibility index (Phi) is 4.54. The van der Waals surface area contributed by atoms with E-state index < -0.39 is 5.91 Å². The van der Waals surface area contributed by atoms with Gasteiger partial charge in [0.25, 0.3) is 5.91 Å². The first-order valence-corrected chi connectivity index (χ1v) is 7.12. The minimum atomic E-state index is -0.570. The maximum Gasteiger partial charge on any atom is 0.266 e. The topological polar surface area (TPSA) is 102 Å². The number of benzene rings is 1. The van der Waals surface area contributed by atoms with E-state index in [0.29, 0.717) is 10.6 Å². The number of aryl methyl sites for hydroxylation is 1. The van der Waals surface area contributed by atoms with Gasteiger partial charge in [-0.3, -0.25) is 9.59 Å². The van der Waals surface area contributed by atoms with Crippen LogP contribution < -0.4 is 11.5 Å². The average molecular weight is 304 g/mol. The molecule has 0 radical (unpaired) electrons. The zero-order chi connectivity index (χ0) is 15.4. The summed E-state index contributed by atoms with van der Waals surface area (Å²) >= 11 is 1.28. The second-order valence-electron chi connectivity index (χ2n) is 4.57. The fourth-order valence-electron chi connectivity index (χ4n) is 1.89. The molecule has 0 aliphatic heterocycles. The number of hydrogen-bond acceptors (Lipinski definition) is 5. The van der Waals surface area contributed by atoms with E-state index in [-0.39, 0.29) is 19.0 Å². The summed E-state index contributed by atoms with van der Waals surface area (Å²) in [7, 11) is 0. The summed E-state index contributed by atoms with van der Waals surface area (Å²) in [5.74, 6) is -0.846. The van der Waals surface area contributed by atoms with E-state index in [2.05, 4.69) is 4.98 Å². The van der Waals surface area contributed by atoms with Crippen LogP contribution in [0.25, 0.3) is 0 Å². The van der Waals surface area contributed by atoms with E-state index in [9.17, 15) is 9.59 Å². The van der Waals surface area contributed by atoms with Crippen molar-refractivity contribution in [1.29, 1.82) is 0 Å². The van der Waals surface area contributed by atoms with Crippen molar-refractivity contribution < 1.29 is 9.59 Å². The third-order valence-electron chi connectivity index (χ3n) is 2.88. The van der Waals surface area contributed by atoms with Gasteiger partial charge < -0.3 is 16.4 Å². The highest BCUT2D eigenvalue weighted by Gasteiger charge is 2.20. The van der Waals surface area contributed by atoms with Crippen LogP contribution in [0.4, 0.5) is 5.69 Å². The van der Waals surface area contributed by atoms with E-state index >= 15 is 0 Å². The minimum Gasteiger partial charge on any atom is -0.398 e. The van der Waals surface area contributed by atoms with Crippen LogP contribution >= 0.6 is 11.3 Å². The average Bonchev–Trinajstić information content (AvgIpc) is 2.86. The lowest BCUT2D eigenvalue weighted by atomic mass is 10.1. The van der Waals surface area contributed by atoms with E-state index in [1.165, 1.54) is 22.4 Å². The number of anilines is 1. The van der Waals surface area contributed by atoms with Gasteiger partial charge in [-0.2, -0.15) is 0 Å². The Morgan fingerprint density at radius 3 is 2.62 bits per heavy atom. The van der Waals surface area contributed by atoms with Crippen molar-refractivity contribution in [3.63, 3.8) is 0 Å². The molecule has 0 unspecified atom stereocenters. The number of hydrogen-bond donors (Lipinski definition) is 2. The smallest absolute Gasteiger partial charge is 0.266 e. The van der Waals surface area contributed by atoms with Crippen molar-refractivity contribution in [1.82, 2.24) is 9.88 Å². The predicted octanol–water partition coefficient (Wildman–Crippen LogP) is 1.16. The molecule has 0 fully saturated rings. The second kappa shape index (κ2) is 6.36. The van der Waals surface area contributed by atoms with E-state index in [4.69, 9.17) is 11.5 Å². The maximum absolute atomic E-state index is 12.5. The number of nitrogens with zero attached hydrogens (tertiary/aromatic N) is 2. The summed E-state index contributed by atoms with van der Waals surface area (Å²) < 4.78 is 0. The van der Waals surface area contributed by atoms with Gasteiger partial charge in [-0.05, 0) is 18.6 Å². The highest BCUT2D eigenvalue weighted by Crippen LogP contribution is 2.18. The number of carbonyl (C=O) groups is 2. The summed E-state index contributed by atoms with van der Waals surface area (Å²) in [6.07, 6.45) is 1.50. The first kappa shape index (κ1) is 15.0.